The normalized spacial score (nSPS) is 11.3. The number of hydrogen-bond acceptors (Lipinski definition) is 10. The van der Waals surface area contributed by atoms with E-state index in [0.29, 0.717) is 57.4 Å². The van der Waals surface area contributed by atoms with Gasteiger partial charge in [0.25, 0.3) is 11.8 Å². The quantitative estimate of drug-likeness (QED) is 0.346. The number of aromatic nitrogens is 8. The van der Waals surface area contributed by atoms with Crippen LogP contribution < -0.4 is 0 Å². The fourth-order valence-corrected chi connectivity index (χ4v) is 3.82. The van der Waals surface area contributed by atoms with Crippen molar-refractivity contribution >= 4 is 22.1 Å². The summed E-state index contributed by atoms with van der Waals surface area (Å²) in [6.07, 6.45) is 3.39. The minimum absolute atomic E-state index is 0.305. The summed E-state index contributed by atoms with van der Waals surface area (Å²) >= 11 is 0. The Hall–Kier alpha value is -5.38. The molecular weight excluding hydrogens is 456 g/mol. The molecule has 0 saturated carbocycles. The van der Waals surface area contributed by atoms with Gasteiger partial charge in [0.1, 0.15) is 11.4 Å². The number of pyridine rings is 4. The van der Waals surface area contributed by atoms with E-state index in [1.807, 2.05) is 72.8 Å². The van der Waals surface area contributed by atoms with Crippen LogP contribution in [0, 0.1) is 0 Å². The summed E-state index contributed by atoms with van der Waals surface area (Å²) in [5, 5.41) is 18.6. The molecule has 36 heavy (non-hydrogen) atoms. The van der Waals surface area contributed by atoms with E-state index in [1.54, 1.807) is 12.4 Å². The van der Waals surface area contributed by atoms with Crippen LogP contribution in [0.5, 0.6) is 0 Å². The Morgan fingerprint density at radius 1 is 0.472 bits per heavy atom. The Labute approximate surface area is 202 Å². The maximum atomic E-state index is 5.91. The molecule has 0 spiro atoms. The van der Waals surface area contributed by atoms with Crippen molar-refractivity contribution in [3.63, 3.8) is 0 Å². The molecule has 10 nitrogen and oxygen atoms in total. The van der Waals surface area contributed by atoms with Crippen LogP contribution in [0.25, 0.3) is 68.1 Å². The molecule has 0 atom stereocenters. The molecule has 7 rings (SSSR count). The van der Waals surface area contributed by atoms with E-state index in [0.717, 1.165) is 10.8 Å². The van der Waals surface area contributed by atoms with Crippen LogP contribution in [-0.4, -0.2) is 40.3 Å². The molecule has 7 aromatic rings. The predicted molar refractivity (Wildman–Crippen MR) is 130 cm³/mol. The number of hydrogen-bond donors (Lipinski definition) is 0. The predicted octanol–water partition coefficient (Wildman–Crippen LogP) is 5.01. The van der Waals surface area contributed by atoms with Crippen LogP contribution in [0.1, 0.15) is 0 Å². The zero-order valence-corrected chi connectivity index (χ0v) is 18.5. The Morgan fingerprint density at radius 2 is 0.972 bits per heavy atom. The molecule has 0 aliphatic heterocycles. The van der Waals surface area contributed by atoms with Gasteiger partial charge in [0, 0.05) is 34.3 Å². The van der Waals surface area contributed by atoms with Crippen LogP contribution in [0.3, 0.4) is 0 Å². The third kappa shape index (κ3) is 3.53. The lowest BCUT2D eigenvalue weighted by Gasteiger charge is -1.99. The summed E-state index contributed by atoms with van der Waals surface area (Å²) in [6.45, 7) is 0. The summed E-state index contributed by atoms with van der Waals surface area (Å²) in [5.74, 6) is 1.30. The molecule has 0 radical (unpaired) electrons. The second-order valence-corrected chi connectivity index (χ2v) is 7.90. The maximum absolute atomic E-state index is 5.91. The molecule has 6 aromatic heterocycles. The molecule has 0 unspecified atom stereocenters. The molecule has 1 aromatic carbocycles. The molecule has 0 fully saturated rings. The lowest BCUT2D eigenvalue weighted by Crippen LogP contribution is -1.87. The Balaban J connectivity index is 1.19. The summed E-state index contributed by atoms with van der Waals surface area (Å²) in [7, 11) is 0. The molecule has 6 heterocycles. The van der Waals surface area contributed by atoms with Gasteiger partial charge in [-0.05, 0) is 66.7 Å². The standard InChI is InChI=1S/C26H14N8O2/c1-4-17(23-31-33-25(35-23)19-10-8-15-6-2-12-27-21(15)29-19)14-18(5-1)24-32-34-26(36-24)20-11-9-16-7-3-13-28-22(16)30-20/h1-14H. The SMILES string of the molecule is c1cc(-c2nnc(-c3ccc4cccnc4n3)o2)cc(-c2nnc(-c3ccc4cccnc4n3)o2)c1. The first kappa shape index (κ1) is 20.0. The summed E-state index contributed by atoms with van der Waals surface area (Å²) in [4.78, 5) is 17.6. The van der Waals surface area contributed by atoms with Crippen LogP contribution in [0.4, 0.5) is 0 Å². The second kappa shape index (κ2) is 8.13. The first-order chi connectivity index (χ1) is 17.8. The van der Waals surface area contributed by atoms with Crippen LogP contribution >= 0.6 is 0 Å². The molecule has 0 aliphatic rings. The van der Waals surface area contributed by atoms with E-state index in [-0.39, 0.29) is 0 Å². The van der Waals surface area contributed by atoms with Crippen molar-refractivity contribution in [3.8, 4) is 46.1 Å². The van der Waals surface area contributed by atoms with E-state index < -0.39 is 0 Å². The molecule has 0 amide bonds. The Kier molecular flexibility index (Phi) is 4.53. The van der Waals surface area contributed by atoms with E-state index in [2.05, 4.69) is 40.3 Å². The van der Waals surface area contributed by atoms with E-state index in [1.165, 1.54) is 0 Å². The lowest BCUT2D eigenvalue weighted by atomic mass is 10.1. The highest BCUT2D eigenvalue weighted by Crippen LogP contribution is 2.29. The average molecular weight is 470 g/mol. The van der Waals surface area contributed by atoms with Crippen molar-refractivity contribution < 1.29 is 8.83 Å². The third-order valence-corrected chi connectivity index (χ3v) is 5.57. The first-order valence-corrected chi connectivity index (χ1v) is 11.0. The van der Waals surface area contributed by atoms with Crippen LogP contribution in [-0.2, 0) is 0 Å². The minimum atomic E-state index is 0.305. The molecule has 0 N–H and O–H groups in total. The van der Waals surface area contributed by atoms with Gasteiger partial charge in [0.15, 0.2) is 11.3 Å². The third-order valence-electron chi connectivity index (χ3n) is 5.57. The first-order valence-electron chi connectivity index (χ1n) is 11.0. The molecule has 10 heteroatoms. The molecule has 0 aliphatic carbocycles. The van der Waals surface area contributed by atoms with Gasteiger partial charge in [-0.2, -0.15) is 0 Å². The maximum Gasteiger partial charge on any atom is 0.266 e. The van der Waals surface area contributed by atoms with Crippen molar-refractivity contribution in [3.05, 3.63) is 85.2 Å². The van der Waals surface area contributed by atoms with Gasteiger partial charge in [-0.25, -0.2) is 19.9 Å². The van der Waals surface area contributed by atoms with Gasteiger partial charge >= 0.3 is 0 Å². The molecule has 170 valence electrons. The summed E-state index contributed by atoms with van der Waals surface area (Å²) in [6, 6.07) is 22.5. The highest BCUT2D eigenvalue weighted by molar-refractivity contribution is 5.77. The minimum Gasteiger partial charge on any atom is -0.415 e. The zero-order valence-electron chi connectivity index (χ0n) is 18.5. The van der Waals surface area contributed by atoms with Crippen molar-refractivity contribution in [2.75, 3.05) is 0 Å². The van der Waals surface area contributed by atoms with Crippen molar-refractivity contribution in [1.82, 2.24) is 40.3 Å². The molecule has 0 saturated heterocycles. The average Bonchev–Trinajstić information content (AvgIpc) is 3.64. The van der Waals surface area contributed by atoms with Gasteiger partial charge < -0.3 is 8.83 Å². The molecule has 0 bridgehead atoms. The molecular formula is C26H14N8O2. The van der Waals surface area contributed by atoms with Gasteiger partial charge in [-0.3, -0.25) is 0 Å². The Morgan fingerprint density at radius 3 is 1.50 bits per heavy atom. The summed E-state index contributed by atoms with van der Waals surface area (Å²) in [5.41, 5.74) is 3.74. The second-order valence-electron chi connectivity index (χ2n) is 7.90. The van der Waals surface area contributed by atoms with Gasteiger partial charge in [-0.1, -0.05) is 6.07 Å². The van der Waals surface area contributed by atoms with E-state index >= 15 is 0 Å². The highest BCUT2D eigenvalue weighted by Gasteiger charge is 2.16. The summed E-state index contributed by atoms with van der Waals surface area (Å²) < 4.78 is 11.8. The fraction of sp³-hybridized carbons (Fsp3) is 0. The highest BCUT2D eigenvalue weighted by atomic mass is 16.4. The number of nitrogens with zero attached hydrogens (tertiary/aromatic N) is 8. The van der Waals surface area contributed by atoms with Crippen LogP contribution in [0.2, 0.25) is 0 Å². The zero-order chi connectivity index (χ0) is 23.9. The monoisotopic (exact) mass is 470 g/mol. The smallest absolute Gasteiger partial charge is 0.266 e. The largest absolute Gasteiger partial charge is 0.415 e. The van der Waals surface area contributed by atoms with Crippen molar-refractivity contribution in [2.24, 2.45) is 0 Å². The van der Waals surface area contributed by atoms with Crippen LogP contribution in [0.15, 0.2) is 94.0 Å². The van der Waals surface area contributed by atoms with Gasteiger partial charge in [-0.15, -0.1) is 20.4 Å². The Bertz CT molecular complexity index is 1740. The van der Waals surface area contributed by atoms with Gasteiger partial charge in [0.05, 0.1) is 0 Å². The lowest BCUT2D eigenvalue weighted by molar-refractivity contribution is 0.580. The number of fused-ring (bicyclic) bond motifs is 2. The fourth-order valence-electron chi connectivity index (χ4n) is 3.82. The van der Waals surface area contributed by atoms with Crippen molar-refractivity contribution in [2.45, 2.75) is 0 Å². The topological polar surface area (TPSA) is 129 Å². The van der Waals surface area contributed by atoms with E-state index in [4.69, 9.17) is 8.83 Å². The van der Waals surface area contributed by atoms with Gasteiger partial charge in [0.2, 0.25) is 11.8 Å². The van der Waals surface area contributed by atoms with Crippen molar-refractivity contribution in [1.29, 1.82) is 0 Å². The number of rotatable bonds is 4. The van der Waals surface area contributed by atoms with E-state index in [9.17, 15) is 0 Å². The number of benzene rings is 1.